The van der Waals surface area contributed by atoms with Gasteiger partial charge in [0.15, 0.2) is 0 Å². The lowest BCUT2D eigenvalue weighted by molar-refractivity contribution is -0.120. The second-order valence-corrected chi connectivity index (χ2v) is 6.24. The number of nitrogens with one attached hydrogen (secondary N) is 1. The van der Waals surface area contributed by atoms with Gasteiger partial charge in [0, 0.05) is 22.3 Å². The molecule has 0 aliphatic rings. The lowest BCUT2D eigenvalue weighted by atomic mass is 10.2. The number of amides is 1. The van der Waals surface area contributed by atoms with Crippen molar-refractivity contribution in [3.05, 3.63) is 63.9 Å². The number of nitrogens with zero attached hydrogens (tertiary/aromatic N) is 1. The lowest BCUT2D eigenvalue weighted by Gasteiger charge is -2.24. The molecule has 3 nitrogen and oxygen atoms in total. The number of anilines is 1. The largest absolute Gasteiger partial charge is 0.325 e. The molecule has 0 aromatic heterocycles. The average molecular weight is 355 g/mol. The Morgan fingerprint density at radius 3 is 2.48 bits per heavy atom. The van der Waals surface area contributed by atoms with Crippen LogP contribution in [0.25, 0.3) is 0 Å². The highest BCUT2D eigenvalue weighted by Gasteiger charge is 2.18. The smallest absolute Gasteiger partial charge is 0.241 e. The Morgan fingerprint density at radius 2 is 1.87 bits per heavy atom. The van der Waals surface area contributed by atoms with Gasteiger partial charge in [-0.3, -0.25) is 9.69 Å². The molecular weight excluding hydrogens is 338 g/mol. The number of hydrogen-bond donors (Lipinski definition) is 1. The summed E-state index contributed by atoms with van der Waals surface area (Å²) in [4.78, 5) is 14.2. The van der Waals surface area contributed by atoms with Crippen molar-refractivity contribution in [1.29, 1.82) is 0 Å². The summed E-state index contributed by atoms with van der Waals surface area (Å²) in [6.07, 6.45) is 0. The zero-order valence-electron chi connectivity index (χ0n) is 12.8. The molecule has 0 saturated carbocycles. The molecule has 1 amide bonds. The monoisotopic (exact) mass is 354 g/mol. The van der Waals surface area contributed by atoms with Crippen LogP contribution >= 0.6 is 23.2 Å². The Morgan fingerprint density at radius 1 is 1.22 bits per heavy atom. The van der Waals surface area contributed by atoms with E-state index in [-0.39, 0.29) is 11.7 Å². The predicted octanol–water partition coefficient (Wildman–Crippen LogP) is 4.59. The molecule has 0 unspecified atom stereocenters. The van der Waals surface area contributed by atoms with Gasteiger partial charge in [-0.2, -0.15) is 0 Å². The molecule has 2 aromatic rings. The SMILES string of the molecule is C[C@@H](C(=O)Nc1cc(Cl)cc(Cl)c1)N(C)Cc1cccc(F)c1. The molecular formula is C17H17Cl2FN2O. The van der Waals surface area contributed by atoms with Gasteiger partial charge in [0.2, 0.25) is 5.91 Å². The highest BCUT2D eigenvalue weighted by atomic mass is 35.5. The Hall–Kier alpha value is -1.62. The Bertz CT molecular complexity index is 688. The van der Waals surface area contributed by atoms with E-state index in [1.54, 1.807) is 38.2 Å². The van der Waals surface area contributed by atoms with Gasteiger partial charge in [-0.05, 0) is 49.9 Å². The first kappa shape index (κ1) is 17.7. The first-order valence-corrected chi connectivity index (χ1v) is 7.82. The molecule has 0 heterocycles. The molecule has 0 aliphatic heterocycles. The minimum Gasteiger partial charge on any atom is -0.325 e. The highest BCUT2D eigenvalue weighted by Crippen LogP contribution is 2.22. The zero-order valence-corrected chi connectivity index (χ0v) is 14.3. The summed E-state index contributed by atoms with van der Waals surface area (Å²) in [7, 11) is 1.81. The molecule has 2 aromatic carbocycles. The van der Waals surface area contributed by atoms with Gasteiger partial charge in [-0.15, -0.1) is 0 Å². The lowest BCUT2D eigenvalue weighted by Crippen LogP contribution is -2.39. The van der Waals surface area contributed by atoms with Gasteiger partial charge in [-0.1, -0.05) is 35.3 Å². The summed E-state index contributed by atoms with van der Waals surface area (Å²) in [6.45, 7) is 2.24. The maximum Gasteiger partial charge on any atom is 0.241 e. The third-order valence-corrected chi connectivity index (χ3v) is 3.93. The van der Waals surface area contributed by atoms with E-state index >= 15 is 0 Å². The van der Waals surface area contributed by atoms with Crippen molar-refractivity contribution in [2.24, 2.45) is 0 Å². The summed E-state index contributed by atoms with van der Waals surface area (Å²) in [5, 5.41) is 3.68. The fourth-order valence-corrected chi connectivity index (χ4v) is 2.66. The fraction of sp³-hybridized carbons (Fsp3) is 0.235. The van der Waals surface area contributed by atoms with Crippen LogP contribution in [0.15, 0.2) is 42.5 Å². The normalized spacial score (nSPS) is 12.3. The van der Waals surface area contributed by atoms with Crippen LogP contribution in [0.3, 0.4) is 0 Å². The van der Waals surface area contributed by atoms with Crippen LogP contribution in [0.1, 0.15) is 12.5 Å². The summed E-state index contributed by atoms with van der Waals surface area (Å²) in [5.74, 6) is -0.483. The van der Waals surface area contributed by atoms with Crippen molar-refractivity contribution in [2.75, 3.05) is 12.4 Å². The van der Waals surface area contributed by atoms with E-state index in [9.17, 15) is 9.18 Å². The Kier molecular flexibility index (Phi) is 5.99. The summed E-state index contributed by atoms with van der Waals surface area (Å²) in [6, 6.07) is 10.8. The number of carbonyl (C=O) groups is 1. The minimum atomic E-state index is -0.406. The van der Waals surface area contributed by atoms with Gasteiger partial charge in [0.25, 0.3) is 0 Å². The molecule has 0 saturated heterocycles. The van der Waals surface area contributed by atoms with E-state index in [0.29, 0.717) is 22.3 Å². The molecule has 23 heavy (non-hydrogen) atoms. The first-order chi connectivity index (χ1) is 10.8. The Labute approximate surface area is 145 Å². The van der Waals surface area contributed by atoms with Gasteiger partial charge >= 0.3 is 0 Å². The van der Waals surface area contributed by atoms with Crippen LogP contribution in [-0.2, 0) is 11.3 Å². The van der Waals surface area contributed by atoms with Crippen LogP contribution < -0.4 is 5.32 Å². The van der Waals surface area contributed by atoms with Gasteiger partial charge < -0.3 is 5.32 Å². The van der Waals surface area contributed by atoms with E-state index in [0.717, 1.165) is 5.56 Å². The van der Waals surface area contributed by atoms with E-state index in [2.05, 4.69) is 5.32 Å². The number of benzene rings is 2. The zero-order chi connectivity index (χ0) is 17.0. The van der Waals surface area contributed by atoms with Crippen molar-refractivity contribution in [3.8, 4) is 0 Å². The first-order valence-electron chi connectivity index (χ1n) is 7.07. The minimum absolute atomic E-state index is 0.192. The van der Waals surface area contributed by atoms with Crippen molar-refractivity contribution >= 4 is 34.8 Å². The standard InChI is InChI=1S/C17H17Cl2FN2O/c1-11(22(2)10-12-4-3-5-15(20)6-12)17(23)21-16-8-13(18)7-14(19)9-16/h3-9,11H,10H2,1-2H3,(H,21,23)/t11-/m0/s1. The number of hydrogen-bond acceptors (Lipinski definition) is 2. The summed E-state index contributed by atoms with van der Waals surface area (Å²) >= 11 is 11.8. The van der Waals surface area contributed by atoms with Gasteiger partial charge in [0.1, 0.15) is 5.82 Å². The molecule has 0 aliphatic carbocycles. The molecule has 0 bridgehead atoms. The van der Waals surface area contributed by atoms with Crippen LogP contribution in [0, 0.1) is 5.82 Å². The second kappa shape index (κ2) is 7.77. The van der Waals surface area contributed by atoms with Crippen LogP contribution in [0.5, 0.6) is 0 Å². The van der Waals surface area contributed by atoms with Crippen LogP contribution in [-0.4, -0.2) is 23.9 Å². The maximum absolute atomic E-state index is 13.2. The maximum atomic E-state index is 13.2. The molecule has 122 valence electrons. The molecule has 0 radical (unpaired) electrons. The third-order valence-electron chi connectivity index (χ3n) is 3.49. The third kappa shape index (κ3) is 5.20. The van der Waals surface area contributed by atoms with Crippen LogP contribution in [0.4, 0.5) is 10.1 Å². The number of rotatable bonds is 5. The summed E-state index contributed by atoms with van der Waals surface area (Å²) in [5.41, 5.74) is 1.34. The average Bonchev–Trinajstić information content (AvgIpc) is 2.45. The van der Waals surface area contributed by atoms with E-state index in [4.69, 9.17) is 23.2 Å². The molecule has 0 spiro atoms. The van der Waals surface area contributed by atoms with E-state index in [1.165, 1.54) is 12.1 Å². The van der Waals surface area contributed by atoms with Gasteiger partial charge in [0.05, 0.1) is 6.04 Å². The predicted molar refractivity (Wildman–Crippen MR) is 92.4 cm³/mol. The van der Waals surface area contributed by atoms with Crippen molar-refractivity contribution in [1.82, 2.24) is 4.90 Å². The molecule has 0 fully saturated rings. The van der Waals surface area contributed by atoms with Gasteiger partial charge in [-0.25, -0.2) is 4.39 Å². The van der Waals surface area contributed by atoms with Crippen molar-refractivity contribution < 1.29 is 9.18 Å². The van der Waals surface area contributed by atoms with Crippen LogP contribution in [0.2, 0.25) is 10.0 Å². The molecule has 6 heteroatoms. The Balaban J connectivity index is 2.00. The van der Waals surface area contributed by atoms with Crippen molar-refractivity contribution in [2.45, 2.75) is 19.5 Å². The molecule has 2 rings (SSSR count). The quantitative estimate of drug-likeness (QED) is 0.851. The second-order valence-electron chi connectivity index (χ2n) is 5.37. The molecule has 1 atom stereocenters. The number of likely N-dealkylation sites (N-methyl/N-ethyl adjacent to an activating group) is 1. The topological polar surface area (TPSA) is 32.3 Å². The summed E-state index contributed by atoms with van der Waals surface area (Å²) < 4.78 is 13.2. The highest BCUT2D eigenvalue weighted by molar-refractivity contribution is 6.35. The van der Waals surface area contributed by atoms with E-state index in [1.807, 2.05) is 11.0 Å². The van der Waals surface area contributed by atoms with Crippen molar-refractivity contribution in [3.63, 3.8) is 0 Å². The molecule has 1 N–H and O–H groups in total. The number of carbonyl (C=O) groups excluding carboxylic acids is 1. The van der Waals surface area contributed by atoms with E-state index < -0.39 is 6.04 Å². The number of halogens is 3. The fourth-order valence-electron chi connectivity index (χ4n) is 2.13.